The van der Waals surface area contributed by atoms with Crippen LogP contribution in [0.15, 0.2) is 0 Å². The Kier molecular flexibility index (Phi) is 2.55. The molecule has 0 aromatic rings. The van der Waals surface area contributed by atoms with E-state index in [0.717, 1.165) is 13.0 Å². The van der Waals surface area contributed by atoms with Crippen molar-refractivity contribution >= 4 is 11.6 Å². The summed E-state index contributed by atoms with van der Waals surface area (Å²) in [7, 11) is 0. The average molecular weight is 165 g/mol. The minimum absolute atomic E-state index is 0.172. The lowest BCUT2D eigenvalue weighted by Crippen LogP contribution is -2.40. The zero-order valence-electron chi connectivity index (χ0n) is 6.39. The predicted octanol–water partition coefficient (Wildman–Crippen LogP) is 1.77. The quantitative estimate of drug-likeness (QED) is 0.550. The zero-order valence-corrected chi connectivity index (χ0v) is 7.15. The van der Waals surface area contributed by atoms with Crippen LogP contribution < -0.4 is 0 Å². The van der Waals surface area contributed by atoms with Gasteiger partial charge in [0, 0.05) is 5.88 Å². The van der Waals surface area contributed by atoms with Gasteiger partial charge in [-0.05, 0) is 20.3 Å². The molecule has 60 valence electrons. The van der Waals surface area contributed by atoms with Crippen LogP contribution in [0, 0.1) is 0 Å². The Labute approximate surface area is 66.5 Å². The van der Waals surface area contributed by atoms with E-state index in [1.165, 1.54) is 0 Å². The summed E-state index contributed by atoms with van der Waals surface area (Å²) in [4.78, 5) is 0. The molecule has 0 aromatic carbocycles. The molecule has 1 rings (SSSR count). The van der Waals surface area contributed by atoms with Gasteiger partial charge in [-0.25, -0.2) is 0 Å². The van der Waals surface area contributed by atoms with Crippen molar-refractivity contribution in [2.24, 2.45) is 0 Å². The zero-order chi connectivity index (χ0) is 7.61. The molecule has 0 aliphatic carbocycles. The van der Waals surface area contributed by atoms with E-state index in [-0.39, 0.29) is 6.10 Å². The smallest absolute Gasteiger partial charge is 0.163 e. The first-order chi connectivity index (χ1) is 4.64. The van der Waals surface area contributed by atoms with Crippen LogP contribution >= 0.6 is 11.6 Å². The van der Waals surface area contributed by atoms with Crippen LogP contribution in [0.3, 0.4) is 0 Å². The van der Waals surface area contributed by atoms with Gasteiger partial charge in [-0.2, -0.15) is 0 Å². The second-order valence-electron chi connectivity index (χ2n) is 2.93. The molecule has 10 heavy (non-hydrogen) atoms. The molecule has 1 fully saturated rings. The van der Waals surface area contributed by atoms with E-state index in [1.54, 1.807) is 0 Å². The molecule has 1 heterocycles. The lowest BCUT2D eigenvalue weighted by molar-refractivity contribution is -0.268. The van der Waals surface area contributed by atoms with E-state index in [4.69, 9.17) is 21.1 Å². The molecule has 0 spiro atoms. The van der Waals surface area contributed by atoms with E-state index in [9.17, 15) is 0 Å². The van der Waals surface area contributed by atoms with Gasteiger partial charge >= 0.3 is 0 Å². The highest BCUT2D eigenvalue weighted by molar-refractivity contribution is 6.18. The molecule has 0 unspecified atom stereocenters. The molecule has 0 N–H and O–H groups in total. The highest BCUT2D eigenvalue weighted by atomic mass is 35.5. The molecule has 0 aromatic heterocycles. The van der Waals surface area contributed by atoms with Gasteiger partial charge in [0.05, 0.1) is 12.7 Å². The summed E-state index contributed by atoms with van der Waals surface area (Å²) in [6, 6.07) is 0. The number of alkyl halides is 1. The molecule has 1 aliphatic rings. The van der Waals surface area contributed by atoms with Gasteiger partial charge < -0.3 is 9.47 Å². The van der Waals surface area contributed by atoms with Crippen LogP contribution in [0.1, 0.15) is 20.3 Å². The molecule has 1 aliphatic heterocycles. The maximum Gasteiger partial charge on any atom is 0.163 e. The Balaban J connectivity index is 2.40. The Morgan fingerprint density at radius 1 is 1.60 bits per heavy atom. The number of ether oxygens (including phenoxy) is 2. The normalized spacial score (nSPS) is 32.1. The number of halogens is 1. The largest absolute Gasteiger partial charge is 0.350 e. The van der Waals surface area contributed by atoms with Gasteiger partial charge in [0.2, 0.25) is 0 Å². The predicted molar refractivity (Wildman–Crippen MR) is 40.2 cm³/mol. The third kappa shape index (κ3) is 2.11. The Hall–Kier alpha value is 0.210. The van der Waals surface area contributed by atoms with Crippen LogP contribution in [0.25, 0.3) is 0 Å². The van der Waals surface area contributed by atoms with E-state index in [1.807, 2.05) is 13.8 Å². The Morgan fingerprint density at radius 3 is 2.70 bits per heavy atom. The van der Waals surface area contributed by atoms with Crippen LogP contribution in [-0.2, 0) is 9.47 Å². The number of hydrogen-bond acceptors (Lipinski definition) is 2. The fourth-order valence-electron chi connectivity index (χ4n) is 1.04. The Morgan fingerprint density at radius 2 is 2.30 bits per heavy atom. The van der Waals surface area contributed by atoms with E-state index in [0.29, 0.717) is 5.88 Å². The van der Waals surface area contributed by atoms with Crippen molar-refractivity contribution in [1.82, 2.24) is 0 Å². The number of hydrogen-bond donors (Lipinski definition) is 0. The van der Waals surface area contributed by atoms with Crippen molar-refractivity contribution in [3.63, 3.8) is 0 Å². The lowest BCUT2D eigenvalue weighted by Gasteiger charge is -2.35. The van der Waals surface area contributed by atoms with E-state index in [2.05, 4.69) is 0 Å². The minimum Gasteiger partial charge on any atom is -0.350 e. The van der Waals surface area contributed by atoms with Crippen molar-refractivity contribution in [2.45, 2.75) is 32.2 Å². The van der Waals surface area contributed by atoms with Crippen molar-refractivity contribution in [3.8, 4) is 0 Å². The van der Waals surface area contributed by atoms with Crippen LogP contribution in [-0.4, -0.2) is 24.4 Å². The topological polar surface area (TPSA) is 18.5 Å². The fraction of sp³-hybridized carbons (Fsp3) is 1.00. The van der Waals surface area contributed by atoms with Crippen LogP contribution in [0.5, 0.6) is 0 Å². The monoisotopic (exact) mass is 164 g/mol. The molecule has 0 radical (unpaired) electrons. The first-order valence-electron chi connectivity index (χ1n) is 3.52. The average Bonchev–Trinajstić information content (AvgIpc) is 1.86. The van der Waals surface area contributed by atoms with Crippen LogP contribution in [0.4, 0.5) is 0 Å². The van der Waals surface area contributed by atoms with E-state index < -0.39 is 5.79 Å². The summed E-state index contributed by atoms with van der Waals surface area (Å²) >= 11 is 5.63. The first-order valence-corrected chi connectivity index (χ1v) is 4.05. The molecule has 1 saturated heterocycles. The highest BCUT2D eigenvalue weighted by Gasteiger charge is 2.28. The maximum absolute atomic E-state index is 5.63. The molecule has 0 bridgehead atoms. The standard InChI is InChI=1S/C7H13ClO2/c1-7(2)9-4-3-6(5-8)10-7/h6H,3-5H2,1-2H3/t6-/m0/s1. The third-order valence-electron chi connectivity index (χ3n) is 1.51. The summed E-state index contributed by atoms with van der Waals surface area (Å²) in [5.41, 5.74) is 0. The van der Waals surface area contributed by atoms with Gasteiger partial charge in [0.1, 0.15) is 0 Å². The fourth-order valence-corrected chi connectivity index (χ4v) is 1.26. The second kappa shape index (κ2) is 3.07. The molecule has 2 nitrogen and oxygen atoms in total. The van der Waals surface area contributed by atoms with Gasteiger partial charge in [-0.1, -0.05) is 0 Å². The number of rotatable bonds is 1. The molecule has 0 amide bonds. The summed E-state index contributed by atoms with van der Waals surface area (Å²) < 4.78 is 10.8. The molecule has 0 saturated carbocycles. The summed E-state index contributed by atoms with van der Waals surface area (Å²) in [6.07, 6.45) is 1.08. The van der Waals surface area contributed by atoms with Gasteiger partial charge in [-0.15, -0.1) is 11.6 Å². The lowest BCUT2D eigenvalue weighted by atomic mass is 10.2. The van der Waals surface area contributed by atoms with Crippen molar-refractivity contribution < 1.29 is 9.47 Å². The van der Waals surface area contributed by atoms with Gasteiger partial charge in [-0.3, -0.25) is 0 Å². The maximum atomic E-state index is 5.63. The van der Waals surface area contributed by atoms with Gasteiger partial charge in [0.25, 0.3) is 0 Å². The van der Waals surface area contributed by atoms with Crippen LogP contribution in [0.2, 0.25) is 0 Å². The molecular weight excluding hydrogens is 152 g/mol. The van der Waals surface area contributed by atoms with Gasteiger partial charge in [0.15, 0.2) is 5.79 Å². The molecule has 1 atom stereocenters. The highest BCUT2D eigenvalue weighted by Crippen LogP contribution is 2.22. The second-order valence-corrected chi connectivity index (χ2v) is 3.24. The summed E-state index contributed by atoms with van der Waals surface area (Å²) in [6.45, 7) is 4.57. The summed E-state index contributed by atoms with van der Waals surface area (Å²) in [5.74, 6) is 0.130. The third-order valence-corrected chi connectivity index (χ3v) is 1.86. The molecule has 3 heteroatoms. The van der Waals surface area contributed by atoms with Crippen molar-refractivity contribution in [2.75, 3.05) is 12.5 Å². The van der Waals surface area contributed by atoms with E-state index >= 15 is 0 Å². The van der Waals surface area contributed by atoms with Crippen molar-refractivity contribution in [3.05, 3.63) is 0 Å². The van der Waals surface area contributed by atoms with Crippen molar-refractivity contribution in [1.29, 1.82) is 0 Å². The summed E-state index contributed by atoms with van der Waals surface area (Å²) in [5, 5.41) is 0. The SMILES string of the molecule is CC1(C)OCC[C@@H](CCl)O1. The Bertz CT molecular complexity index is 114. The minimum atomic E-state index is -0.433. The molecular formula is C7H13ClO2. The first kappa shape index (κ1) is 8.31.